The summed E-state index contributed by atoms with van der Waals surface area (Å²) < 4.78 is 18.6. The number of hydrogen-bond acceptors (Lipinski definition) is 3. The van der Waals surface area contributed by atoms with Crippen molar-refractivity contribution in [2.75, 3.05) is 13.1 Å². The monoisotopic (exact) mass is 350 g/mol. The lowest BCUT2D eigenvalue weighted by atomic mass is 10.1. The van der Waals surface area contributed by atoms with Crippen LogP contribution in [0.5, 0.6) is 0 Å². The SMILES string of the molecule is C[C@@H](NCCNC(=O)OC(C)(C)C)c1c(Cl)ccc(F)c1Cl. The van der Waals surface area contributed by atoms with Gasteiger partial charge in [-0.15, -0.1) is 0 Å². The van der Waals surface area contributed by atoms with Gasteiger partial charge in [-0.2, -0.15) is 0 Å². The Morgan fingerprint density at radius 3 is 2.55 bits per heavy atom. The highest BCUT2D eigenvalue weighted by Gasteiger charge is 2.17. The molecule has 2 N–H and O–H groups in total. The van der Waals surface area contributed by atoms with Crippen LogP contribution in [0.25, 0.3) is 0 Å². The average molecular weight is 351 g/mol. The normalized spacial score (nSPS) is 12.9. The molecule has 4 nitrogen and oxygen atoms in total. The molecule has 0 aliphatic carbocycles. The third kappa shape index (κ3) is 5.99. The van der Waals surface area contributed by atoms with Gasteiger partial charge in [0, 0.05) is 29.7 Å². The van der Waals surface area contributed by atoms with Crippen LogP contribution in [0.15, 0.2) is 12.1 Å². The van der Waals surface area contributed by atoms with Gasteiger partial charge in [0.15, 0.2) is 0 Å². The maximum atomic E-state index is 13.5. The number of rotatable bonds is 5. The number of ether oxygens (including phenoxy) is 1. The number of nitrogens with one attached hydrogen (secondary N) is 2. The van der Waals surface area contributed by atoms with Crippen molar-refractivity contribution in [3.63, 3.8) is 0 Å². The highest BCUT2D eigenvalue weighted by atomic mass is 35.5. The van der Waals surface area contributed by atoms with E-state index in [1.165, 1.54) is 12.1 Å². The van der Waals surface area contributed by atoms with Crippen LogP contribution in [0, 0.1) is 5.82 Å². The Morgan fingerprint density at radius 1 is 1.32 bits per heavy atom. The van der Waals surface area contributed by atoms with E-state index in [9.17, 15) is 9.18 Å². The highest BCUT2D eigenvalue weighted by Crippen LogP contribution is 2.32. The Labute approximate surface area is 140 Å². The van der Waals surface area contributed by atoms with Crippen LogP contribution in [0.4, 0.5) is 9.18 Å². The van der Waals surface area contributed by atoms with Gasteiger partial charge in [0.05, 0.1) is 5.02 Å². The molecule has 0 aliphatic heterocycles. The van der Waals surface area contributed by atoms with Gasteiger partial charge in [0.25, 0.3) is 0 Å². The second kappa shape index (κ2) is 7.99. The first-order valence-corrected chi connectivity index (χ1v) is 7.71. The van der Waals surface area contributed by atoms with E-state index < -0.39 is 17.5 Å². The van der Waals surface area contributed by atoms with Crippen molar-refractivity contribution in [2.24, 2.45) is 0 Å². The van der Waals surface area contributed by atoms with Crippen LogP contribution in [0.1, 0.15) is 39.3 Å². The van der Waals surface area contributed by atoms with Crippen LogP contribution in [-0.2, 0) is 4.74 Å². The number of carbonyl (C=O) groups is 1. The average Bonchev–Trinajstić information content (AvgIpc) is 2.37. The van der Waals surface area contributed by atoms with Crippen LogP contribution in [-0.4, -0.2) is 24.8 Å². The molecule has 1 aromatic rings. The lowest BCUT2D eigenvalue weighted by Gasteiger charge is -2.20. The standard InChI is InChI=1S/C15H21Cl2FN2O2/c1-9(12-10(16)5-6-11(18)13(12)17)19-7-8-20-14(21)22-15(2,3)4/h5-6,9,19H,7-8H2,1-4H3,(H,20,21)/t9-/m1/s1. The summed E-state index contributed by atoms with van der Waals surface area (Å²) in [4.78, 5) is 11.5. The summed E-state index contributed by atoms with van der Waals surface area (Å²) in [6, 6.07) is 2.44. The van der Waals surface area contributed by atoms with Gasteiger partial charge in [-0.05, 0) is 39.8 Å². The lowest BCUT2D eigenvalue weighted by molar-refractivity contribution is 0.0528. The van der Waals surface area contributed by atoms with E-state index in [1.54, 1.807) is 20.8 Å². The molecular weight excluding hydrogens is 330 g/mol. The topological polar surface area (TPSA) is 50.4 Å². The number of carbonyl (C=O) groups excluding carboxylic acids is 1. The predicted octanol–water partition coefficient (Wildman–Crippen LogP) is 4.31. The summed E-state index contributed by atoms with van der Waals surface area (Å²) in [5.41, 5.74) is -0.0337. The first kappa shape index (κ1) is 19.0. The molecular formula is C15H21Cl2FN2O2. The van der Waals surface area contributed by atoms with Crippen molar-refractivity contribution in [2.45, 2.75) is 39.3 Å². The van der Waals surface area contributed by atoms with E-state index in [4.69, 9.17) is 27.9 Å². The van der Waals surface area contributed by atoms with Gasteiger partial charge in [0.1, 0.15) is 11.4 Å². The van der Waals surface area contributed by atoms with E-state index in [0.717, 1.165) is 0 Å². The second-order valence-electron chi connectivity index (χ2n) is 5.86. The third-order valence-corrected chi connectivity index (χ3v) is 3.47. The smallest absolute Gasteiger partial charge is 0.407 e. The molecule has 0 fully saturated rings. The summed E-state index contributed by atoms with van der Waals surface area (Å²) in [6.07, 6.45) is -0.483. The van der Waals surface area contributed by atoms with Gasteiger partial charge in [0.2, 0.25) is 0 Å². The molecule has 0 spiro atoms. The first-order valence-electron chi connectivity index (χ1n) is 6.95. The molecule has 0 aliphatic rings. The Kier molecular flexibility index (Phi) is 6.91. The van der Waals surface area contributed by atoms with E-state index >= 15 is 0 Å². The van der Waals surface area contributed by atoms with E-state index in [-0.39, 0.29) is 11.1 Å². The Balaban J connectivity index is 2.46. The van der Waals surface area contributed by atoms with Gasteiger partial charge in [-0.3, -0.25) is 0 Å². The molecule has 0 aromatic heterocycles. The molecule has 0 heterocycles. The maximum absolute atomic E-state index is 13.5. The molecule has 0 bridgehead atoms. The summed E-state index contributed by atoms with van der Waals surface area (Å²) >= 11 is 12.0. The molecule has 0 unspecified atom stereocenters. The Bertz CT molecular complexity index is 533. The molecule has 1 atom stereocenters. The van der Waals surface area contributed by atoms with Crippen molar-refractivity contribution >= 4 is 29.3 Å². The quantitative estimate of drug-likeness (QED) is 0.614. The molecule has 0 radical (unpaired) electrons. The number of benzene rings is 1. The van der Waals surface area contributed by atoms with Crippen molar-refractivity contribution in [1.82, 2.24) is 10.6 Å². The molecule has 1 amide bonds. The van der Waals surface area contributed by atoms with Gasteiger partial charge < -0.3 is 15.4 Å². The molecule has 0 saturated heterocycles. The lowest BCUT2D eigenvalue weighted by Crippen LogP contribution is -2.37. The zero-order chi connectivity index (χ0) is 16.9. The summed E-state index contributed by atoms with van der Waals surface area (Å²) in [5, 5.41) is 6.15. The largest absolute Gasteiger partial charge is 0.444 e. The zero-order valence-corrected chi connectivity index (χ0v) is 14.6. The predicted molar refractivity (Wildman–Crippen MR) is 87.1 cm³/mol. The van der Waals surface area contributed by atoms with Crippen LogP contribution in [0.3, 0.4) is 0 Å². The zero-order valence-electron chi connectivity index (χ0n) is 13.1. The van der Waals surface area contributed by atoms with Crippen molar-refractivity contribution < 1.29 is 13.9 Å². The summed E-state index contributed by atoms with van der Waals surface area (Å²) in [5.74, 6) is -0.512. The molecule has 1 aromatic carbocycles. The Hall–Kier alpha value is -1.04. The van der Waals surface area contributed by atoms with E-state index in [0.29, 0.717) is 23.7 Å². The fraction of sp³-hybridized carbons (Fsp3) is 0.533. The fourth-order valence-corrected chi connectivity index (χ4v) is 2.51. The molecule has 1 rings (SSSR count). The van der Waals surface area contributed by atoms with Crippen LogP contribution >= 0.6 is 23.2 Å². The summed E-state index contributed by atoms with van der Waals surface area (Å²) in [6.45, 7) is 8.02. The minimum atomic E-state index is -0.534. The third-order valence-electron chi connectivity index (χ3n) is 2.76. The fourth-order valence-electron chi connectivity index (χ4n) is 1.81. The molecule has 124 valence electrons. The van der Waals surface area contributed by atoms with Crippen molar-refractivity contribution in [3.05, 3.63) is 33.6 Å². The Morgan fingerprint density at radius 2 is 1.95 bits per heavy atom. The molecule has 7 heteroatoms. The number of alkyl carbamates (subject to hydrolysis) is 1. The number of hydrogen-bond donors (Lipinski definition) is 2. The first-order chi connectivity index (χ1) is 10.1. The molecule has 22 heavy (non-hydrogen) atoms. The second-order valence-corrected chi connectivity index (χ2v) is 6.65. The minimum absolute atomic E-state index is 0.00704. The number of amides is 1. The summed E-state index contributed by atoms with van der Waals surface area (Å²) in [7, 11) is 0. The molecule has 0 saturated carbocycles. The van der Waals surface area contributed by atoms with Gasteiger partial charge >= 0.3 is 6.09 Å². The van der Waals surface area contributed by atoms with Crippen LogP contribution < -0.4 is 10.6 Å². The minimum Gasteiger partial charge on any atom is -0.444 e. The number of halogens is 3. The van der Waals surface area contributed by atoms with Crippen LogP contribution in [0.2, 0.25) is 10.0 Å². The highest BCUT2D eigenvalue weighted by molar-refractivity contribution is 6.36. The van der Waals surface area contributed by atoms with Gasteiger partial charge in [-0.1, -0.05) is 23.2 Å². The van der Waals surface area contributed by atoms with E-state index in [1.807, 2.05) is 6.92 Å². The van der Waals surface area contributed by atoms with Gasteiger partial charge in [-0.25, -0.2) is 9.18 Å². The van der Waals surface area contributed by atoms with Crippen molar-refractivity contribution in [1.29, 1.82) is 0 Å². The maximum Gasteiger partial charge on any atom is 0.407 e. The van der Waals surface area contributed by atoms with E-state index in [2.05, 4.69) is 10.6 Å². The van der Waals surface area contributed by atoms with Crippen molar-refractivity contribution in [3.8, 4) is 0 Å².